The fraction of sp³-hybridized carbons (Fsp3) is 0.0417. The zero-order valence-corrected chi connectivity index (χ0v) is 17.3. The monoisotopic (exact) mass is 424 g/mol. The molecule has 32 heavy (non-hydrogen) atoms. The molecular weight excluding hydrogens is 404 g/mol. The van der Waals surface area contributed by atoms with Gasteiger partial charge in [-0.2, -0.15) is 5.11 Å². The van der Waals surface area contributed by atoms with Gasteiger partial charge >= 0.3 is 0 Å². The number of para-hydroxylation sites is 1. The molecule has 4 aromatic rings. The van der Waals surface area contributed by atoms with Gasteiger partial charge in [-0.1, -0.05) is 36.4 Å². The Labute approximate surface area is 184 Å². The Bertz CT molecular complexity index is 1320. The van der Waals surface area contributed by atoms with Crippen molar-refractivity contribution in [3.05, 3.63) is 101 Å². The van der Waals surface area contributed by atoms with Crippen LogP contribution < -0.4 is 10.9 Å². The molecular formula is C24H20N6O2. The van der Waals surface area contributed by atoms with E-state index in [0.29, 0.717) is 28.4 Å². The SMILES string of the molecule is CC(=O)Nc1ccc(N=Cc2[nH]n(-c3ccccc3)c(=O)c2N=Nc2ccccc2)cc1. The number of carbonyl (C=O) groups is 1. The van der Waals surface area contributed by atoms with Gasteiger partial charge in [0.1, 0.15) is 5.69 Å². The number of aromatic amines is 1. The Morgan fingerprint density at radius 2 is 1.53 bits per heavy atom. The van der Waals surface area contributed by atoms with Crippen LogP contribution in [0.1, 0.15) is 12.6 Å². The molecule has 0 radical (unpaired) electrons. The highest BCUT2D eigenvalue weighted by atomic mass is 16.1. The van der Waals surface area contributed by atoms with Crippen LogP contribution in [0.25, 0.3) is 5.69 Å². The largest absolute Gasteiger partial charge is 0.326 e. The van der Waals surface area contributed by atoms with Crippen LogP contribution >= 0.6 is 0 Å². The summed E-state index contributed by atoms with van der Waals surface area (Å²) in [6.45, 7) is 1.45. The number of aliphatic imine (C=N–C) groups is 1. The maximum absolute atomic E-state index is 13.0. The molecule has 4 rings (SSSR count). The molecule has 0 saturated carbocycles. The predicted molar refractivity (Wildman–Crippen MR) is 125 cm³/mol. The van der Waals surface area contributed by atoms with E-state index in [1.54, 1.807) is 36.4 Å². The molecule has 8 nitrogen and oxygen atoms in total. The Morgan fingerprint density at radius 3 is 2.19 bits per heavy atom. The zero-order valence-electron chi connectivity index (χ0n) is 17.3. The minimum Gasteiger partial charge on any atom is -0.326 e. The highest BCUT2D eigenvalue weighted by Crippen LogP contribution is 2.20. The number of rotatable bonds is 6. The van der Waals surface area contributed by atoms with E-state index >= 15 is 0 Å². The summed E-state index contributed by atoms with van der Waals surface area (Å²) >= 11 is 0. The van der Waals surface area contributed by atoms with E-state index in [0.717, 1.165) is 0 Å². The lowest BCUT2D eigenvalue weighted by molar-refractivity contribution is -0.114. The van der Waals surface area contributed by atoms with Gasteiger partial charge in [0.2, 0.25) is 5.91 Å². The number of nitrogens with one attached hydrogen (secondary N) is 2. The van der Waals surface area contributed by atoms with Crippen molar-refractivity contribution in [1.29, 1.82) is 0 Å². The number of anilines is 1. The van der Waals surface area contributed by atoms with Gasteiger partial charge in [-0.15, -0.1) is 5.11 Å². The summed E-state index contributed by atoms with van der Waals surface area (Å²) in [4.78, 5) is 28.6. The van der Waals surface area contributed by atoms with E-state index in [1.165, 1.54) is 17.8 Å². The smallest absolute Gasteiger partial charge is 0.299 e. The first-order chi connectivity index (χ1) is 15.6. The number of aromatic nitrogens is 2. The quantitative estimate of drug-likeness (QED) is 0.324. The van der Waals surface area contributed by atoms with Crippen molar-refractivity contribution in [2.45, 2.75) is 6.92 Å². The number of benzene rings is 3. The summed E-state index contributed by atoms with van der Waals surface area (Å²) in [5.74, 6) is -0.144. The topological polar surface area (TPSA) is 104 Å². The van der Waals surface area contributed by atoms with Crippen molar-refractivity contribution in [3.8, 4) is 5.69 Å². The molecule has 1 heterocycles. The highest BCUT2D eigenvalue weighted by Gasteiger charge is 2.14. The minimum atomic E-state index is -0.335. The van der Waals surface area contributed by atoms with Crippen molar-refractivity contribution in [1.82, 2.24) is 9.78 Å². The van der Waals surface area contributed by atoms with Gasteiger partial charge in [0, 0.05) is 12.6 Å². The van der Waals surface area contributed by atoms with E-state index in [9.17, 15) is 9.59 Å². The first-order valence-electron chi connectivity index (χ1n) is 9.89. The molecule has 0 atom stereocenters. The predicted octanol–water partition coefficient (Wildman–Crippen LogP) is 5.29. The second-order valence-corrected chi connectivity index (χ2v) is 6.87. The van der Waals surface area contributed by atoms with E-state index in [-0.39, 0.29) is 17.2 Å². The number of hydrogen-bond acceptors (Lipinski definition) is 5. The summed E-state index contributed by atoms with van der Waals surface area (Å²) in [6.07, 6.45) is 1.54. The average molecular weight is 424 g/mol. The maximum Gasteiger partial charge on any atom is 0.299 e. The first-order valence-corrected chi connectivity index (χ1v) is 9.89. The molecule has 0 saturated heterocycles. The van der Waals surface area contributed by atoms with Gasteiger partial charge in [0.15, 0.2) is 5.69 Å². The molecule has 0 aliphatic rings. The molecule has 1 aromatic heterocycles. The van der Waals surface area contributed by atoms with Gasteiger partial charge in [-0.05, 0) is 48.5 Å². The van der Waals surface area contributed by atoms with Crippen molar-refractivity contribution >= 4 is 34.9 Å². The lowest BCUT2D eigenvalue weighted by Gasteiger charge is -2.01. The average Bonchev–Trinajstić information content (AvgIpc) is 3.13. The number of H-pyrrole nitrogens is 1. The molecule has 8 heteroatoms. The van der Waals surface area contributed by atoms with Gasteiger partial charge in [-0.25, -0.2) is 4.68 Å². The molecule has 1 amide bonds. The Hall–Kier alpha value is -4.59. The van der Waals surface area contributed by atoms with Crippen LogP contribution in [0.15, 0.2) is 105 Å². The van der Waals surface area contributed by atoms with Gasteiger partial charge in [-0.3, -0.25) is 19.7 Å². The van der Waals surface area contributed by atoms with E-state index < -0.39 is 0 Å². The van der Waals surface area contributed by atoms with Gasteiger partial charge in [0.25, 0.3) is 5.56 Å². The zero-order chi connectivity index (χ0) is 22.3. The number of hydrogen-bond donors (Lipinski definition) is 2. The Morgan fingerprint density at radius 1 is 0.875 bits per heavy atom. The summed E-state index contributed by atoms with van der Waals surface area (Å²) in [7, 11) is 0. The maximum atomic E-state index is 13.0. The summed E-state index contributed by atoms with van der Waals surface area (Å²) in [6, 6.07) is 25.4. The van der Waals surface area contributed by atoms with Crippen LogP contribution in [0, 0.1) is 0 Å². The van der Waals surface area contributed by atoms with Crippen molar-refractivity contribution in [2.24, 2.45) is 15.2 Å². The lowest BCUT2D eigenvalue weighted by Crippen LogP contribution is -2.13. The third kappa shape index (κ3) is 4.93. The Kier molecular flexibility index (Phi) is 6.12. The fourth-order valence-electron chi connectivity index (χ4n) is 2.97. The summed E-state index contributed by atoms with van der Waals surface area (Å²) in [5, 5.41) is 14.2. The molecule has 158 valence electrons. The number of carbonyl (C=O) groups excluding carboxylic acids is 1. The van der Waals surface area contributed by atoms with Crippen LogP contribution in [0.4, 0.5) is 22.7 Å². The van der Waals surface area contributed by atoms with Crippen LogP contribution in [-0.2, 0) is 4.79 Å². The molecule has 0 spiro atoms. The standard InChI is InChI=1S/C24H20N6O2/c1-17(31)26-19-14-12-18(13-15-19)25-16-22-23(28-27-20-8-4-2-5-9-20)24(32)30(29-22)21-10-6-3-7-11-21/h2-16,29H,1H3,(H,26,31). The van der Waals surface area contributed by atoms with Gasteiger partial charge in [0.05, 0.1) is 23.3 Å². The third-order valence-electron chi connectivity index (χ3n) is 4.46. The van der Waals surface area contributed by atoms with Crippen LogP contribution in [-0.4, -0.2) is 21.9 Å². The van der Waals surface area contributed by atoms with Crippen molar-refractivity contribution < 1.29 is 4.79 Å². The highest BCUT2D eigenvalue weighted by molar-refractivity contribution is 5.89. The third-order valence-corrected chi connectivity index (χ3v) is 4.46. The lowest BCUT2D eigenvalue weighted by atomic mass is 10.3. The molecule has 0 aliphatic heterocycles. The van der Waals surface area contributed by atoms with Crippen molar-refractivity contribution in [3.63, 3.8) is 0 Å². The molecule has 0 bridgehead atoms. The molecule has 0 unspecified atom stereocenters. The molecule has 0 fully saturated rings. The number of nitrogens with zero attached hydrogens (tertiary/aromatic N) is 4. The van der Waals surface area contributed by atoms with E-state index in [1.807, 2.05) is 48.5 Å². The number of amides is 1. The molecule has 2 N–H and O–H groups in total. The number of azo groups is 1. The van der Waals surface area contributed by atoms with E-state index in [4.69, 9.17) is 0 Å². The van der Waals surface area contributed by atoms with Crippen LogP contribution in [0.5, 0.6) is 0 Å². The van der Waals surface area contributed by atoms with Crippen molar-refractivity contribution in [2.75, 3.05) is 5.32 Å². The summed E-state index contributed by atoms with van der Waals surface area (Å²) < 4.78 is 1.40. The fourth-order valence-corrected chi connectivity index (χ4v) is 2.97. The second kappa shape index (κ2) is 9.48. The van der Waals surface area contributed by atoms with Crippen LogP contribution in [0.3, 0.4) is 0 Å². The van der Waals surface area contributed by atoms with E-state index in [2.05, 4.69) is 25.6 Å². The first kappa shape index (κ1) is 20.7. The van der Waals surface area contributed by atoms with Gasteiger partial charge < -0.3 is 5.32 Å². The molecule has 3 aromatic carbocycles. The summed E-state index contributed by atoms with van der Waals surface area (Å²) in [5.41, 5.74) is 2.87. The van der Waals surface area contributed by atoms with Crippen LogP contribution in [0.2, 0.25) is 0 Å². The normalized spacial score (nSPS) is 11.3. The Balaban J connectivity index is 1.69. The second-order valence-electron chi connectivity index (χ2n) is 6.87. The minimum absolute atomic E-state index is 0.144. The molecule has 0 aliphatic carbocycles.